The number of hydrogen-bond donors (Lipinski definition) is 3. The SMILES string of the molecule is CC(C)[C@@H](NC(=O)c1cccc(C(N)=O)c1)C(=O)O. The van der Waals surface area contributed by atoms with E-state index in [0.29, 0.717) is 0 Å². The monoisotopic (exact) mass is 264 g/mol. The third-order valence-electron chi connectivity index (χ3n) is 2.63. The molecule has 0 heterocycles. The van der Waals surface area contributed by atoms with Crippen LogP contribution in [0, 0.1) is 5.92 Å². The number of benzene rings is 1. The molecule has 0 aliphatic rings. The summed E-state index contributed by atoms with van der Waals surface area (Å²) in [4.78, 5) is 33.9. The van der Waals surface area contributed by atoms with Crippen LogP contribution >= 0.6 is 0 Å². The summed E-state index contributed by atoms with van der Waals surface area (Å²) in [7, 11) is 0. The standard InChI is InChI=1S/C13H16N2O4/c1-7(2)10(13(18)19)15-12(17)9-5-3-4-8(6-9)11(14)16/h3-7,10H,1-2H3,(H2,14,16)(H,15,17)(H,18,19)/t10-/m1/s1. The van der Waals surface area contributed by atoms with Gasteiger partial charge in [-0.15, -0.1) is 0 Å². The van der Waals surface area contributed by atoms with E-state index in [1.54, 1.807) is 13.8 Å². The van der Waals surface area contributed by atoms with Crippen molar-refractivity contribution in [3.8, 4) is 0 Å². The third kappa shape index (κ3) is 3.80. The Morgan fingerprint density at radius 1 is 1.21 bits per heavy atom. The summed E-state index contributed by atoms with van der Waals surface area (Å²) in [6.07, 6.45) is 0. The van der Waals surface area contributed by atoms with Crippen LogP contribution in [0.2, 0.25) is 0 Å². The van der Waals surface area contributed by atoms with Crippen LogP contribution in [0.15, 0.2) is 24.3 Å². The summed E-state index contributed by atoms with van der Waals surface area (Å²) in [5.41, 5.74) is 5.51. The molecule has 19 heavy (non-hydrogen) atoms. The largest absolute Gasteiger partial charge is 0.480 e. The molecule has 1 aromatic carbocycles. The Kier molecular flexibility index (Phi) is 4.63. The molecule has 2 amide bonds. The zero-order valence-corrected chi connectivity index (χ0v) is 10.7. The van der Waals surface area contributed by atoms with Gasteiger partial charge in [0.15, 0.2) is 0 Å². The molecule has 0 spiro atoms. The lowest BCUT2D eigenvalue weighted by molar-refractivity contribution is -0.140. The predicted molar refractivity (Wildman–Crippen MR) is 68.7 cm³/mol. The molecule has 0 aliphatic heterocycles. The van der Waals surface area contributed by atoms with Gasteiger partial charge in [-0.1, -0.05) is 19.9 Å². The van der Waals surface area contributed by atoms with Crippen molar-refractivity contribution in [1.29, 1.82) is 0 Å². The van der Waals surface area contributed by atoms with Gasteiger partial charge >= 0.3 is 5.97 Å². The van der Waals surface area contributed by atoms with Gasteiger partial charge in [-0.2, -0.15) is 0 Å². The van der Waals surface area contributed by atoms with E-state index in [0.717, 1.165) is 0 Å². The van der Waals surface area contributed by atoms with Crippen LogP contribution in [0.5, 0.6) is 0 Å². The highest BCUT2D eigenvalue weighted by Gasteiger charge is 2.24. The number of nitrogens with one attached hydrogen (secondary N) is 1. The number of primary amides is 1. The average molecular weight is 264 g/mol. The van der Waals surface area contributed by atoms with Crippen molar-refractivity contribution in [2.45, 2.75) is 19.9 Å². The molecule has 0 bridgehead atoms. The average Bonchev–Trinajstić information content (AvgIpc) is 2.34. The summed E-state index contributed by atoms with van der Waals surface area (Å²) >= 11 is 0. The minimum Gasteiger partial charge on any atom is -0.480 e. The highest BCUT2D eigenvalue weighted by Crippen LogP contribution is 2.07. The first-order valence-corrected chi connectivity index (χ1v) is 5.76. The zero-order valence-electron chi connectivity index (χ0n) is 10.7. The number of amides is 2. The van der Waals surface area contributed by atoms with E-state index in [2.05, 4.69) is 5.32 Å². The van der Waals surface area contributed by atoms with Gasteiger partial charge in [0.25, 0.3) is 5.91 Å². The van der Waals surface area contributed by atoms with Crippen LogP contribution in [0.4, 0.5) is 0 Å². The number of rotatable bonds is 5. The lowest BCUT2D eigenvalue weighted by Crippen LogP contribution is -2.44. The van der Waals surface area contributed by atoms with E-state index in [4.69, 9.17) is 10.8 Å². The predicted octanol–water partition coefficient (Wildman–Crippen LogP) is 0.624. The van der Waals surface area contributed by atoms with Crippen LogP contribution in [0.3, 0.4) is 0 Å². The Morgan fingerprint density at radius 3 is 2.26 bits per heavy atom. The van der Waals surface area contributed by atoms with E-state index >= 15 is 0 Å². The Labute approximate surface area is 110 Å². The second-order valence-electron chi connectivity index (χ2n) is 4.48. The molecule has 102 valence electrons. The first-order chi connectivity index (χ1) is 8.82. The number of aliphatic carboxylic acids is 1. The summed E-state index contributed by atoms with van der Waals surface area (Å²) in [5.74, 6) is -2.55. The lowest BCUT2D eigenvalue weighted by Gasteiger charge is -2.17. The molecule has 0 saturated heterocycles. The maximum absolute atomic E-state index is 11.9. The Morgan fingerprint density at radius 2 is 1.79 bits per heavy atom. The van der Waals surface area contributed by atoms with Gasteiger partial charge in [-0.05, 0) is 24.1 Å². The van der Waals surface area contributed by atoms with Crippen molar-refractivity contribution in [1.82, 2.24) is 5.32 Å². The number of carboxylic acids is 1. The fourth-order valence-electron chi connectivity index (χ4n) is 1.55. The van der Waals surface area contributed by atoms with Crippen molar-refractivity contribution >= 4 is 17.8 Å². The zero-order chi connectivity index (χ0) is 14.6. The van der Waals surface area contributed by atoms with E-state index in [9.17, 15) is 14.4 Å². The molecule has 0 aromatic heterocycles. The van der Waals surface area contributed by atoms with Gasteiger partial charge in [-0.25, -0.2) is 4.79 Å². The maximum Gasteiger partial charge on any atom is 0.326 e. The fourth-order valence-corrected chi connectivity index (χ4v) is 1.55. The number of nitrogens with two attached hydrogens (primary N) is 1. The molecular formula is C13H16N2O4. The first-order valence-electron chi connectivity index (χ1n) is 5.76. The van der Waals surface area contributed by atoms with E-state index < -0.39 is 23.8 Å². The van der Waals surface area contributed by atoms with Crippen molar-refractivity contribution in [3.05, 3.63) is 35.4 Å². The van der Waals surface area contributed by atoms with E-state index in [-0.39, 0.29) is 17.0 Å². The molecule has 1 rings (SSSR count). The van der Waals surface area contributed by atoms with Gasteiger partial charge in [-0.3, -0.25) is 9.59 Å². The molecule has 0 aliphatic carbocycles. The second-order valence-corrected chi connectivity index (χ2v) is 4.48. The molecule has 6 heteroatoms. The molecule has 0 unspecified atom stereocenters. The van der Waals surface area contributed by atoms with Crippen LogP contribution in [-0.2, 0) is 4.79 Å². The van der Waals surface area contributed by atoms with Crippen LogP contribution in [-0.4, -0.2) is 28.9 Å². The fraction of sp³-hybridized carbons (Fsp3) is 0.308. The number of carbonyl (C=O) groups is 3. The van der Waals surface area contributed by atoms with Gasteiger partial charge in [0.05, 0.1) is 0 Å². The highest BCUT2D eigenvalue weighted by molar-refractivity contribution is 6.00. The van der Waals surface area contributed by atoms with Gasteiger partial charge in [0, 0.05) is 11.1 Å². The summed E-state index contributed by atoms with van der Waals surface area (Å²) in [5, 5.41) is 11.4. The Bertz CT molecular complexity index is 511. The van der Waals surface area contributed by atoms with Gasteiger partial charge in [0.1, 0.15) is 6.04 Å². The van der Waals surface area contributed by atoms with Gasteiger partial charge < -0.3 is 16.2 Å². The molecular weight excluding hydrogens is 248 g/mol. The summed E-state index contributed by atoms with van der Waals surface area (Å²) in [6, 6.07) is 4.83. The van der Waals surface area contributed by atoms with Crippen LogP contribution < -0.4 is 11.1 Å². The molecule has 1 atom stereocenters. The molecule has 0 fully saturated rings. The molecule has 4 N–H and O–H groups in total. The number of carbonyl (C=O) groups excluding carboxylic acids is 2. The molecule has 6 nitrogen and oxygen atoms in total. The highest BCUT2D eigenvalue weighted by atomic mass is 16.4. The molecule has 0 saturated carbocycles. The normalized spacial score (nSPS) is 11.9. The molecule has 1 aromatic rings. The minimum atomic E-state index is -1.10. The van der Waals surface area contributed by atoms with Crippen molar-refractivity contribution < 1.29 is 19.5 Å². The smallest absolute Gasteiger partial charge is 0.326 e. The van der Waals surface area contributed by atoms with Crippen molar-refractivity contribution in [2.24, 2.45) is 11.7 Å². The number of carboxylic acid groups (broad SMARTS) is 1. The maximum atomic E-state index is 11.9. The van der Waals surface area contributed by atoms with E-state index in [1.165, 1.54) is 24.3 Å². The minimum absolute atomic E-state index is 0.197. The lowest BCUT2D eigenvalue weighted by atomic mass is 10.0. The Hall–Kier alpha value is -2.37. The quantitative estimate of drug-likeness (QED) is 0.724. The summed E-state index contributed by atoms with van der Waals surface area (Å²) < 4.78 is 0. The first kappa shape index (κ1) is 14.7. The molecule has 0 radical (unpaired) electrons. The third-order valence-corrected chi connectivity index (χ3v) is 2.63. The van der Waals surface area contributed by atoms with Crippen LogP contribution in [0.25, 0.3) is 0 Å². The van der Waals surface area contributed by atoms with Crippen molar-refractivity contribution in [3.63, 3.8) is 0 Å². The summed E-state index contributed by atoms with van der Waals surface area (Å²) in [6.45, 7) is 3.39. The van der Waals surface area contributed by atoms with Crippen molar-refractivity contribution in [2.75, 3.05) is 0 Å². The topological polar surface area (TPSA) is 109 Å². The van der Waals surface area contributed by atoms with Gasteiger partial charge in [0.2, 0.25) is 5.91 Å². The Balaban J connectivity index is 2.91. The second kappa shape index (κ2) is 5.99. The number of hydrogen-bond acceptors (Lipinski definition) is 3. The van der Waals surface area contributed by atoms with Crippen LogP contribution in [0.1, 0.15) is 34.6 Å². The van der Waals surface area contributed by atoms with E-state index in [1.807, 2.05) is 0 Å².